The van der Waals surface area contributed by atoms with Crippen molar-refractivity contribution in [2.75, 3.05) is 0 Å². The van der Waals surface area contributed by atoms with Gasteiger partial charge in [0.15, 0.2) is 0 Å². The Balaban J connectivity index is 2.07. The van der Waals surface area contributed by atoms with Crippen molar-refractivity contribution in [1.29, 1.82) is 0 Å². The Morgan fingerprint density at radius 2 is 1.83 bits per heavy atom. The molecule has 2 heteroatoms. The first-order valence-corrected chi connectivity index (χ1v) is 10.2. The van der Waals surface area contributed by atoms with E-state index in [-0.39, 0.29) is 12.2 Å². The Bertz CT molecular complexity index is 449. The van der Waals surface area contributed by atoms with Gasteiger partial charge in [0.05, 0.1) is 6.10 Å². The van der Waals surface area contributed by atoms with E-state index < -0.39 is 8.07 Å². The lowest BCUT2D eigenvalue weighted by molar-refractivity contribution is 0.0695. The minimum absolute atomic E-state index is 0.113. The molecule has 1 aliphatic rings. The van der Waals surface area contributed by atoms with Crippen LogP contribution in [0.5, 0.6) is 0 Å². The van der Waals surface area contributed by atoms with Gasteiger partial charge in [-0.25, -0.2) is 0 Å². The van der Waals surface area contributed by atoms with Crippen LogP contribution in [0.3, 0.4) is 0 Å². The lowest BCUT2D eigenvalue weighted by Gasteiger charge is -2.11. The maximum Gasteiger partial charge on any atom is 0.129 e. The molecule has 1 fully saturated rings. The van der Waals surface area contributed by atoms with Crippen molar-refractivity contribution in [3.8, 4) is 11.5 Å². The molecule has 0 radical (unpaired) electrons. The third kappa shape index (κ3) is 3.47. The summed E-state index contributed by atoms with van der Waals surface area (Å²) < 4.78 is 6.10. The van der Waals surface area contributed by atoms with Gasteiger partial charge in [0, 0.05) is 0 Å². The van der Waals surface area contributed by atoms with Gasteiger partial charge in [-0.15, -0.1) is 5.54 Å². The fourth-order valence-corrected chi connectivity index (χ4v) is 2.75. The SMILES string of the molecule is C[C@@H]1C[C@H](c2ccccc2)O[C@@H]1C#C[Si](C)(C)C. The summed E-state index contributed by atoms with van der Waals surface area (Å²) in [5.74, 6) is 3.89. The molecule has 0 amide bonds. The van der Waals surface area contributed by atoms with E-state index in [2.05, 4.69) is 62.3 Å². The highest BCUT2D eigenvalue weighted by Crippen LogP contribution is 2.36. The molecule has 0 aromatic heterocycles. The largest absolute Gasteiger partial charge is 0.357 e. The van der Waals surface area contributed by atoms with Gasteiger partial charge in [-0.05, 0) is 17.9 Å². The van der Waals surface area contributed by atoms with Crippen LogP contribution in [0, 0.1) is 17.4 Å². The average Bonchev–Trinajstić information content (AvgIpc) is 2.68. The second-order valence-corrected chi connectivity index (χ2v) is 10.9. The van der Waals surface area contributed by atoms with Crippen LogP contribution in [0.1, 0.15) is 25.0 Å². The Morgan fingerprint density at radius 1 is 1.17 bits per heavy atom. The van der Waals surface area contributed by atoms with Gasteiger partial charge in [0.2, 0.25) is 0 Å². The second kappa shape index (κ2) is 5.30. The van der Waals surface area contributed by atoms with Gasteiger partial charge in [0.25, 0.3) is 0 Å². The van der Waals surface area contributed by atoms with Crippen LogP contribution >= 0.6 is 0 Å². The Labute approximate surface area is 112 Å². The molecule has 1 aromatic rings. The number of hydrogen-bond donors (Lipinski definition) is 0. The normalized spacial score (nSPS) is 27.7. The Hall–Kier alpha value is -1.04. The lowest BCUT2D eigenvalue weighted by Crippen LogP contribution is -2.19. The summed E-state index contributed by atoms with van der Waals surface area (Å²) >= 11 is 0. The lowest BCUT2D eigenvalue weighted by atomic mass is 9.99. The van der Waals surface area contributed by atoms with E-state index in [0.717, 1.165) is 6.42 Å². The summed E-state index contributed by atoms with van der Waals surface area (Å²) in [7, 11) is -1.30. The fraction of sp³-hybridized carbons (Fsp3) is 0.500. The maximum absolute atomic E-state index is 6.10. The van der Waals surface area contributed by atoms with E-state index in [1.807, 2.05) is 6.07 Å². The smallest absolute Gasteiger partial charge is 0.129 e. The third-order valence-electron chi connectivity index (χ3n) is 3.17. The molecule has 1 heterocycles. The summed E-state index contributed by atoms with van der Waals surface area (Å²) in [6.45, 7) is 9.06. The van der Waals surface area contributed by atoms with Gasteiger partial charge in [-0.3, -0.25) is 0 Å². The van der Waals surface area contributed by atoms with Gasteiger partial charge >= 0.3 is 0 Å². The van der Waals surface area contributed by atoms with Crippen molar-refractivity contribution >= 4 is 8.07 Å². The Morgan fingerprint density at radius 3 is 2.44 bits per heavy atom. The van der Waals surface area contributed by atoms with E-state index in [0.29, 0.717) is 5.92 Å². The van der Waals surface area contributed by atoms with Crippen molar-refractivity contribution in [3.05, 3.63) is 35.9 Å². The summed E-state index contributed by atoms with van der Waals surface area (Å²) in [5.41, 5.74) is 4.71. The zero-order chi connectivity index (χ0) is 13.2. The highest BCUT2D eigenvalue weighted by Gasteiger charge is 2.31. The van der Waals surface area contributed by atoms with Crippen LogP contribution in [0.4, 0.5) is 0 Å². The first-order valence-electron chi connectivity index (χ1n) is 6.69. The number of benzene rings is 1. The van der Waals surface area contributed by atoms with E-state index in [1.165, 1.54) is 5.56 Å². The average molecular weight is 258 g/mol. The molecule has 0 unspecified atom stereocenters. The number of rotatable bonds is 1. The minimum atomic E-state index is -1.30. The molecule has 96 valence electrons. The van der Waals surface area contributed by atoms with Gasteiger partial charge in [0.1, 0.15) is 14.2 Å². The van der Waals surface area contributed by atoms with Crippen LogP contribution in [0.2, 0.25) is 19.6 Å². The quantitative estimate of drug-likeness (QED) is 0.546. The van der Waals surface area contributed by atoms with Crippen LogP contribution in [0.25, 0.3) is 0 Å². The molecule has 18 heavy (non-hydrogen) atoms. The van der Waals surface area contributed by atoms with Crippen molar-refractivity contribution in [1.82, 2.24) is 0 Å². The maximum atomic E-state index is 6.10. The van der Waals surface area contributed by atoms with Crippen LogP contribution in [-0.2, 0) is 4.74 Å². The first kappa shape index (κ1) is 13.4. The van der Waals surface area contributed by atoms with Crippen LogP contribution in [0.15, 0.2) is 30.3 Å². The minimum Gasteiger partial charge on any atom is -0.357 e. The molecule has 0 saturated carbocycles. The third-order valence-corrected chi connectivity index (χ3v) is 4.07. The topological polar surface area (TPSA) is 9.23 Å². The van der Waals surface area contributed by atoms with E-state index >= 15 is 0 Å². The monoisotopic (exact) mass is 258 g/mol. The van der Waals surface area contributed by atoms with Crippen LogP contribution in [-0.4, -0.2) is 14.2 Å². The van der Waals surface area contributed by atoms with Crippen molar-refractivity contribution in [2.24, 2.45) is 5.92 Å². The fourth-order valence-electron chi connectivity index (χ4n) is 2.17. The molecule has 1 aromatic carbocycles. The van der Waals surface area contributed by atoms with E-state index in [1.54, 1.807) is 0 Å². The molecule has 0 aliphatic carbocycles. The van der Waals surface area contributed by atoms with E-state index in [9.17, 15) is 0 Å². The van der Waals surface area contributed by atoms with Gasteiger partial charge in [-0.2, -0.15) is 0 Å². The summed E-state index contributed by atoms with van der Waals surface area (Å²) in [5, 5.41) is 0. The molecule has 1 nitrogen and oxygen atoms in total. The predicted octanol–water partition coefficient (Wildman–Crippen LogP) is 4.03. The second-order valence-electron chi connectivity index (χ2n) is 6.19. The molecule has 2 rings (SSSR count). The molecular weight excluding hydrogens is 236 g/mol. The summed E-state index contributed by atoms with van der Waals surface area (Å²) in [6, 6.07) is 10.5. The van der Waals surface area contributed by atoms with Crippen molar-refractivity contribution < 1.29 is 4.74 Å². The predicted molar refractivity (Wildman–Crippen MR) is 79.0 cm³/mol. The molecule has 0 spiro atoms. The Kier molecular flexibility index (Phi) is 3.94. The number of ether oxygens (including phenoxy) is 1. The first-order chi connectivity index (χ1) is 8.46. The van der Waals surface area contributed by atoms with Crippen molar-refractivity contribution in [3.63, 3.8) is 0 Å². The zero-order valence-corrected chi connectivity index (χ0v) is 12.7. The molecule has 1 saturated heterocycles. The van der Waals surface area contributed by atoms with E-state index in [4.69, 9.17) is 4.74 Å². The van der Waals surface area contributed by atoms with Crippen molar-refractivity contribution in [2.45, 2.75) is 45.2 Å². The zero-order valence-electron chi connectivity index (χ0n) is 11.7. The summed E-state index contributed by atoms with van der Waals surface area (Å²) in [6.07, 6.45) is 1.42. The molecular formula is C16H22OSi. The van der Waals surface area contributed by atoms with Crippen LogP contribution < -0.4 is 0 Å². The molecule has 0 bridgehead atoms. The van der Waals surface area contributed by atoms with Gasteiger partial charge in [-0.1, -0.05) is 62.8 Å². The number of hydrogen-bond acceptors (Lipinski definition) is 1. The summed E-state index contributed by atoms with van der Waals surface area (Å²) in [4.78, 5) is 0. The standard InChI is InChI=1S/C16H22OSi/c1-13-12-16(14-8-6-5-7-9-14)17-15(13)10-11-18(2,3)4/h5-9,13,15-16H,12H2,1-4H3/t13-,15-,16-/m1/s1. The molecule has 0 N–H and O–H groups in total. The van der Waals surface area contributed by atoms with Gasteiger partial charge < -0.3 is 4.74 Å². The highest BCUT2D eigenvalue weighted by molar-refractivity contribution is 6.83. The highest BCUT2D eigenvalue weighted by atomic mass is 28.3. The molecule has 3 atom stereocenters. The molecule has 1 aliphatic heterocycles.